The van der Waals surface area contributed by atoms with E-state index in [4.69, 9.17) is 4.42 Å². The summed E-state index contributed by atoms with van der Waals surface area (Å²) in [6, 6.07) is 15.1. The molecule has 0 saturated heterocycles. The number of hydrogen-bond acceptors (Lipinski definition) is 6. The van der Waals surface area contributed by atoms with Crippen molar-refractivity contribution in [1.82, 2.24) is 20.2 Å². The number of nitrogens with zero attached hydrogens (tertiary/aromatic N) is 4. The van der Waals surface area contributed by atoms with Crippen molar-refractivity contribution in [1.29, 1.82) is 0 Å². The second-order valence-electron chi connectivity index (χ2n) is 5.73. The van der Waals surface area contributed by atoms with Gasteiger partial charge in [-0.3, -0.25) is 0 Å². The van der Waals surface area contributed by atoms with Crippen molar-refractivity contribution >= 4 is 38.7 Å². The standard InChI is InChI=1S/C18H13BrN4O2S/c1-11-3-2-4-14(7-11)23-18(20-21-22-23)26-10-12-8-17(24)25-16-9-13(19)5-6-15(12)16/h2-9H,10H2,1H3. The predicted octanol–water partition coefficient (Wildman–Crippen LogP) is 4.13. The summed E-state index contributed by atoms with van der Waals surface area (Å²) in [5.74, 6) is 0.552. The number of tetrazole rings is 1. The van der Waals surface area contributed by atoms with Crippen LogP contribution in [0, 0.1) is 6.92 Å². The van der Waals surface area contributed by atoms with Crippen LogP contribution in [-0.2, 0) is 5.75 Å². The van der Waals surface area contributed by atoms with Crippen LogP contribution in [0.4, 0.5) is 0 Å². The summed E-state index contributed by atoms with van der Waals surface area (Å²) in [6.07, 6.45) is 0. The molecule has 26 heavy (non-hydrogen) atoms. The fraction of sp³-hybridized carbons (Fsp3) is 0.111. The largest absolute Gasteiger partial charge is 0.423 e. The fourth-order valence-corrected chi connectivity index (χ4v) is 3.88. The van der Waals surface area contributed by atoms with Crippen molar-refractivity contribution in [3.05, 3.63) is 74.6 Å². The first-order valence-corrected chi connectivity index (χ1v) is 9.58. The van der Waals surface area contributed by atoms with Gasteiger partial charge in [-0.1, -0.05) is 39.8 Å². The minimum atomic E-state index is -0.371. The molecule has 0 unspecified atom stereocenters. The molecule has 0 amide bonds. The summed E-state index contributed by atoms with van der Waals surface area (Å²) in [5, 5.41) is 13.5. The van der Waals surface area contributed by atoms with Crippen molar-refractivity contribution in [2.75, 3.05) is 0 Å². The lowest BCUT2D eigenvalue weighted by Crippen LogP contribution is -2.02. The van der Waals surface area contributed by atoms with Crippen LogP contribution in [-0.4, -0.2) is 20.2 Å². The molecule has 4 rings (SSSR count). The Hall–Kier alpha value is -2.45. The van der Waals surface area contributed by atoms with Crippen molar-refractivity contribution in [2.24, 2.45) is 0 Å². The zero-order valence-corrected chi connectivity index (χ0v) is 16.1. The SMILES string of the molecule is Cc1cccc(-n2nnnc2SCc2cc(=O)oc3cc(Br)ccc23)c1. The highest BCUT2D eigenvalue weighted by Gasteiger charge is 2.12. The van der Waals surface area contributed by atoms with E-state index in [0.717, 1.165) is 26.7 Å². The molecule has 0 aliphatic rings. The van der Waals surface area contributed by atoms with E-state index in [9.17, 15) is 4.79 Å². The monoisotopic (exact) mass is 428 g/mol. The average molecular weight is 429 g/mol. The van der Waals surface area contributed by atoms with Crippen LogP contribution >= 0.6 is 27.7 Å². The minimum absolute atomic E-state index is 0.371. The van der Waals surface area contributed by atoms with Gasteiger partial charge in [0.15, 0.2) is 0 Å². The number of halogens is 1. The molecule has 0 atom stereocenters. The lowest BCUT2D eigenvalue weighted by molar-refractivity contribution is 0.559. The third-order valence-corrected chi connectivity index (χ3v) is 5.30. The van der Waals surface area contributed by atoms with Crippen molar-refractivity contribution in [2.45, 2.75) is 17.8 Å². The van der Waals surface area contributed by atoms with Crippen LogP contribution in [0.25, 0.3) is 16.7 Å². The molecule has 4 aromatic rings. The lowest BCUT2D eigenvalue weighted by Gasteiger charge is -2.07. The Morgan fingerprint density at radius 3 is 2.92 bits per heavy atom. The van der Waals surface area contributed by atoms with Crippen molar-refractivity contribution < 1.29 is 4.42 Å². The van der Waals surface area contributed by atoms with Gasteiger partial charge in [0.05, 0.1) is 5.69 Å². The Balaban J connectivity index is 1.66. The summed E-state index contributed by atoms with van der Waals surface area (Å²) >= 11 is 4.87. The van der Waals surface area contributed by atoms with Gasteiger partial charge in [-0.05, 0) is 58.8 Å². The van der Waals surface area contributed by atoms with Gasteiger partial charge in [-0.25, -0.2) is 4.79 Å². The molecule has 0 N–H and O–H groups in total. The van der Waals surface area contributed by atoms with Crippen LogP contribution in [0.5, 0.6) is 0 Å². The number of rotatable bonds is 4. The second kappa shape index (κ2) is 7.05. The molecular weight excluding hydrogens is 416 g/mol. The molecule has 0 bridgehead atoms. The Kier molecular flexibility index (Phi) is 4.60. The summed E-state index contributed by atoms with van der Waals surface area (Å²) < 4.78 is 7.84. The first-order chi connectivity index (χ1) is 12.6. The number of thioether (sulfide) groups is 1. The van der Waals surface area contributed by atoms with Gasteiger partial charge in [0.1, 0.15) is 5.58 Å². The van der Waals surface area contributed by atoms with Crippen molar-refractivity contribution in [3.8, 4) is 5.69 Å². The van der Waals surface area contributed by atoms with E-state index in [1.807, 2.05) is 43.3 Å². The van der Waals surface area contributed by atoms with E-state index < -0.39 is 0 Å². The highest BCUT2D eigenvalue weighted by atomic mass is 79.9. The Morgan fingerprint density at radius 1 is 1.19 bits per heavy atom. The van der Waals surface area contributed by atoms with Crippen LogP contribution in [0.3, 0.4) is 0 Å². The van der Waals surface area contributed by atoms with Gasteiger partial charge >= 0.3 is 5.63 Å². The number of aromatic nitrogens is 4. The van der Waals surface area contributed by atoms with Gasteiger partial charge in [0, 0.05) is 21.7 Å². The van der Waals surface area contributed by atoms with Gasteiger partial charge in [-0.15, -0.1) is 5.10 Å². The van der Waals surface area contributed by atoms with Crippen LogP contribution in [0.2, 0.25) is 0 Å². The topological polar surface area (TPSA) is 73.8 Å². The molecule has 8 heteroatoms. The maximum absolute atomic E-state index is 11.9. The lowest BCUT2D eigenvalue weighted by atomic mass is 10.1. The molecule has 2 aromatic carbocycles. The summed E-state index contributed by atoms with van der Waals surface area (Å²) in [6.45, 7) is 2.02. The van der Waals surface area contributed by atoms with E-state index in [0.29, 0.717) is 16.5 Å². The first kappa shape index (κ1) is 17.0. The predicted molar refractivity (Wildman–Crippen MR) is 104 cm³/mol. The van der Waals surface area contributed by atoms with Gasteiger partial charge in [-0.2, -0.15) is 4.68 Å². The molecule has 0 aliphatic carbocycles. The van der Waals surface area contributed by atoms with E-state index in [-0.39, 0.29) is 5.63 Å². The quantitative estimate of drug-likeness (QED) is 0.359. The van der Waals surface area contributed by atoms with Crippen molar-refractivity contribution in [3.63, 3.8) is 0 Å². The molecule has 0 fully saturated rings. The zero-order valence-electron chi connectivity index (χ0n) is 13.7. The van der Waals surface area contributed by atoms with Crippen LogP contribution in [0.15, 0.2) is 67.4 Å². The molecule has 0 saturated carbocycles. The number of hydrogen-bond donors (Lipinski definition) is 0. The van der Waals surface area contributed by atoms with Crippen LogP contribution < -0.4 is 5.63 Å². The van der Waals surface area contributed by atoms with E-state index in [1.54, 1.807) is 10.7 Å². The van der Waals surface area contributed by atoms with Gasteiger partial charge in [0.2, 0.25) is 5.16 Å². The maximum atomic E-state index is 11.9. The van der Waals surface area contributed by atoms with E-state index in [2.05, 4.69) is 31.5 Å². The summed E-state index contributed by atoms with van der Waals surface area (Å²) in [7, 11) is 0. The highest BCUT2D eigenvalue weighted by molar-refractivity contribution is 9.10. The molecule has 0 spiro atoms. The van der Waals surface area contributed by atoms with Gasteiger partial charge in [0.25, 0.3) is 0 Å². The Morgan fingerprint density at radius 2 is 2.08 bits per heavy atom. The molecule has 2 aromatic heterocycles. The summed E-state index contributed by atoms with van der Waals surface area (Å²) in [5.41, 5.74) is 3.10. The average Bonchev–Trinajstić information content (AvgIpc) is 3.07. The minimum Gasteiger partial charge on any atom is -0.423 e. The third kappa shape index (κ3) is 3.42. The fourth-order valence-electron chi connectivity index (χ4n) is 2.66. The molecule has 0 radical (unpaired) electrons. The number of benzene rings is 2. The Labute approximate surface area is 161 Å². The molecule has 130 valence electrons. The molecule has 0 aliphatic heterocycles. The van der Waals surface area contributed by atoms with Crippen LogP contribution in [0.1, 0.15) is 11.1 Å². The molecule has 2 heterocycles. The zero-order chi connectivity index (χ0) is 18.1. The molecular formula is C18H13BrN4O2S. The Bertz CT molecular complexity index is 1160. The van der Waals surface area contributed by atoms with Gasteiger partial charge < -0.3 is 4.42 Å². The second-order valence-corrected chi connectivity index (χ2v) is 7.59. The highest BCUT2D eigenvalue weighted by Crippen LogP contribution is 2.27. The smallest absolute Gasteiger partial charge is 0.336 e. The summed E-state index contributed by atoms with van der Waals surface area (Å²) in [4.78, 5) is 11.9. The van der Waals surface area contributed by atoms with E-state index in [1.165, 1.54) is 17.8 Å². The number of aryl methyl sites for hydroxylation is 1. The number of fused-ring (bicyclic) bond motifs is 1. The maximum Gasteiger partial charge on any atom is 0.336 e. The third-order valence-electron chi connectivity index (χ3n) is 3.84. The molecule has 6 nitrogen and oxygen atoms in total. The van der Waals surface area contributed by atoms with E-state index >= 15 is 0 Å². The normalized spacial score (nSPS) is 11.2. The first-order valence-electron chi connectivity index (χ1n) is 7.81.